The molecule has 0 bridgehead atoms. The average molecular weight is 1210 g/mol. The molecule has 0 saturated carbocycles. The van der Waals surface area contributed by atoms with E-state index >= 15 is 4.79 Å². The topological polar surface area (TPSA) is 372 Å². The van der Waals surface area contributed by atoms with E-state index in [9.17, 15) is 53.1 Å². The van der Waals surface area contributed by atoms with Gasteiger partial charge in [-0.3, -0.25) is 52.7 Å². The number of primary amides is 1. The van der Waals surface area contributed by atoms with Crippen LogP contribution in [0, 0.1) is 11.8 Å². The van der Waals surface area contributed by atoms with Crippen molar-refractivity contribution < 1.29 is 57.8 Å². The lowest BCUT2D eigenvalue weighted by atomic mass is 9.99. The smallest absolute Gasteiger partial charge is 0.246 e. The standard InChI is InChI=1S/C64H84N12O12/c1-37(2)31-46-58(82)74-51(35-42-21-13-8-14-22-42)64(88)76-30-16-24-52(76)62(86)73-48(33-41-19-11-7-12-20-41)60(84)71-47(32-40-17-9-6-10-18-40)59(83)72-50(36-53(66)78)57(81)67-39(5)55(79)69-49(34-43-25-27-44(77)28-26-43)61(85)75-54(38(3)4)63(87)68-45(23-15-29-65)56(80)70-46/h6-14,17-22,25-28,37-39,45-52,54,77H,15-16,23-24,29-36,65H2,1-5H3,(H2,66,78)(H,67,81)(H,68,87)(H,69,79)(H,70,80)(H,71,84)(H,72,83)(H,73,86)(H,74,82)(H,75,85)/t39-,45-,46-,47+,48-,49-,50-,51+,52-,54-/m0/s1. The fourth-order valence-corrected chi connectivity index (χ4v) is 10.5. The molecule has 0 aliphatic carbocycles. The highest BCUT2D eigenvalue weighted by Gasteiger charge is 2.41. The molecule has 2 heterocycles. The summed E-state index contributed by atoms with van der Waals surface area (Å²) in [4.78, 5) is 160. The van der Waals surface area contributed by atoms with Crippen molar-refractivity contribution in [1.82, 2.24) is 52.8 Å². The lowest BCUT2D eigenvalue weighted by Gasteiger charge is -2.32. The van der Waals surface area contributed by atoms with Gasteiger partial charge in [0.2, 0.25) is 65.0 Å². The monoisotopic (exact) mass is 1210 g/mol. The zero-order valence-electron chi connectivity index (χ0n) is 50.4. The maximum absolute atomic E-state index is 15.1. The van der Waals surface area contributed by atoms with Gasteiger partial charge in [-0.2, -0.15) is 0 Å². The first kappa shape index (κ1) is 67.9. The summed E-state index contributed by atoms with van der Waals surface area (Å²) < 4.78 is 0. The molecule has 472 valence electrons. The van der Waals surface area contributed by atoms with Crippen molar-refractivity contribution in [3.8, 4) is 5.75 Å². The fourth-order valence-electron chi connectivity index (χ4n) is 10.5. The predicted molar refractivity (Wildman–Crippen MR) is 326 cm³/mol. The number of nitrogens with zero attached hydrogens (tertiary/aromatic N) is 1. The molecule has 6 rings (SSSR count). The highest BCUT2D eigenvalue weighted by molar-refractivity contribution is 6.00. The molecule has 4 aromatic carbocycles. The van der Waals surface area contributed by atoms with Crippen molar-refractivity contribution in [2.24, 2.45) is 23.3 Å². The molecule has 4 aromatic rings. The Kier molecular flexibility index (Phi) is 25.5. The Hall–Kier alpha value is -9.19. The second kappa shape index (κ2) is 33.1. The van der Waals surface area contributed by atoms with E-state index in [2.05, 4.69) is 47.9 Å². The Balaban J connectivity index is 1.43. The van der Waals surface area contributed by atoms with Crippen molar-refractivity contribution in [2.45, 2.75) is 159 Å². The number of carbonyl (C=O) groups excluding carboxylic acids is 11. The Morgan fingerprint density at radius 1 is 0.500 bits per heavy atom. The molecular formula is C64H84N12O12. The Morgan fingerprint density at radius 2 is 0.909 bits per heavy atom. The van der Waals surface area contributed by atoms with E-state index < -0.39 is 138 Å². The van der Waals surface area contributed by atoms with E-state index in [0.717, 1.165) is 0 Å². The van der Waals surface area contributed by atoms with Crippen LogP contribution in [-0.4, -0.2) is 148 Å². The molecule has 2 aliphatic rings. The summed E-state index contributed by atoms with van der Waals surface area (Å²) >= 11 is 0. The molecule has 0 radical (unpaired) electrons. The van der Waals surface area contributed by atoms with E-state index in [1.807, 2.05) is 13.8 Å². The fraction of sp³-hybridized carbons (Fsp3) is 0.453. The van der Waals surface area contributed by atoms with Gasteiger partial charge >= 0.3 is 0 Å². The number of rotatable bonds is 16. The van der Waals surface area contributed by atoms with Crippen LogP contribution in [0.25, 0.3) is 0 Å². The van der Waals surface area contributed by atoms with E-state index in [-0.39, 0.29) is 76.1 Å². The number of phenolic OH excluding ortho intramolecular Hbond substituents is 1. The lowest BCUT2D eigenvalue weighted by Crippen LogP contribution is -2.62. The molecule has 0 spiro atoms. The molecular weight excluding hydrogens is 1130 g/mol. The number of amides is 11. The second-order valence-corrected chi connectivity index (χ2v) is 23.2. The molecule has 88 heavy (non-hydrogen) atoms. The molecule has 0 unspecified atom stereocenters. The molecule has 2 aliphatic heterocycles. The average Bonchev–Trinajstić information content (AvgIpc) is 4.07. The molecule has 24 nitrogen and oxygen atoms in total. The Bertz CT molecular complexity index is 3060. The number of carbonyl (C=O) groups is 11. The van der Waals surface area contributed by atoms with Crippen molar-refractivity contribution >= 4 is 65.0 Å². The number of hydrogen-bond donors (Lipinski definition) is 12. The van der Waals surface area contributed by atoms with Crippen LogP contribution in [0.3, 0.4) is 0 Å². The summed E-state index contributed by atoms with van der Waals surface area (Å²) in [6, 6.07) is 18.1. The maximum atomic E-state index is 15.1. The normalized spacial score (nSPS) is 24.5. The van der Waals surface area contributed by atoms with Gasteiger partial charge in [-0.25, -0.2) is 0 Å². The first-order valence-corrected chi connectivity index (χ1v) is 29.9. The van der Waals surface area contributed by atoms with Crippen LogP contribution in [0.2, 0.25) is 0 Å². The minimum atomic E-state index is -1.73. The van der Waals surface area contributed by atoms with Crippen molar-refractivity contribution in [2.75, 3.05) is 13.1 Å². The highest BCUT2D eigenvalue weighted by atomic mass is 16.3. The van der Waals surface area contributed by atoms with Crippen molar-refractivity contribution in [3.63, 3.8) is 0 Å². The van der Waals surface area contributed by atoms with Gasteiger partial charge in [0.15, 0.2) is 0 Å². The van der Waals surface area contributed by atoms with E-state index in [1.165, 1.54) is 36.1 Å². The highest BCUT2D eigenvalue weighted by Crippen LogP contribution is 2.22. The van der Waals surface area contributed by atoms with E-state index in [0.29, 0.717) is 28.7 Å². The number of phenols is 1. The van der Waals surface area contributed by atoms with Gasteiger partial charge in [0.05, 0.1) is 6.42 Å². The predicted octanol–water partition coefficient (Wildman–Crippen LogP) is 0.367. The molecule has 0 aromatic heterocycles. The van der Waals surface area contributed by atoms with Crippen LogP contribution >= 0.6 is 0 Å². The largest absolute Gasteiger partial charge is 0.508 e. The Morgan fingerprint density at radius 3 is 1.41 bits per heavy atom. The minimum absolute atomic E-state index is 0.00559. The third kappa shape index (κ3) is 20.5. The number of benzene rings is 4. The molecule has 14 N–H and O–H groups in total. The van der Waals surface area contributed by atoms with Gasteiger partial charge in [-0.05, 0) is 91.8 Å². The van der Waals surface area contributed by atoms with Crippen molar-refractivity contribution in [1.29, 1.82) is 0 Å². The van der Waals surface area contributed by atoms with Gasteiger partial charge in [0.1, 0.15) is 66.2 Å². The van der Waals surface area contributed by atoms with Gasteiger partial charge < -0.3 is 69.3 Å². The number of nitrogens with two attached hydrogens (primary N) is 2. The van der Waals surface area contributed by atoms with Crippen LogP contribution < -0.4 is 59.3 Å². The van der Waals surface area contributed by atoms with Gasteiger partial charge in [-0.1, -0.05) is 131 Å². The number of nitrogens with one attached hydrogen (secondary N) is 9. The van der Waals surface area contributed by atoms with E-state index in [4.69, 9.17) is 11.5 Å². The summed E-state index contributed by atoms with van der Waals surface area (Å²) in [7, 11) is 0. The number of fused-ring (bicyclic) bond motifs is 1. The zero-order valence-corrected chi connectivity index (χ0v) is 50.4. The number of hydrogen-bond acceptors (Lipinski definition) is 13. The van der Waals surface area contributed by atoms with Crippen LogP contribution in [0.5, 0.6) is 5.75 Å². The van der Waals surface area contributed by atoms with Crippen molar-refractivity contribution in [3.05, 3.63) is 138 Å². The molecule has 11 amide bonds. The summed E-state index contributed by atoms with van der Waals surface area (Å²) in [5.74, 6) is -10.1. The summed E-state index contributed by atoms with van der Waals surface area (Å²) in [5, 5.41) is 34.4. The summed E-state index contributed by atoms with van der Waals surface area (Å²) in [6.45, 7) is 8.46. The van der Waals surface area contributed by atoms with Crippen LogP contribution in [0.4, 0.5) is 0 Å². The van der Waals surface area contributed by atoms with Crippen LogP contribution in [0.15, 0.2) is 115 Å². The maximum Gasteiger partial charge on any atom is 0.246 e. The molecule has 24 heteroatoms. The molecule has 2 saturated heterocycles. The second-order valence-electron chi connectivity index (χ2n) is 23.2. The van der Waals surface area contributed by atoms with Crippen LogP contribution in [-0.2, 0) is 78.4 Å². The molecule has 2 fully saturated rings. The third-order valence-electron chi connectivity index (χ3n) is 15.3. The summed E-state index contributed by atoms with van der Waals surface area (Å²) in [6.07, 6.45) is -0.360. The minimum Gasteiger partial charge on any atom is -0.508 e. The molecule has 10 atom stereocenters. The van der Waals surface area contributed by atoms with Gasteiger partial charge in [0, 0.05) is 32.2 Å². The Labute approximate surface area is 512 Å². The van der Waals surface area contributed by atoms with Gasteiger partial charge in [0.25, 0.3) is 0 Å². The first-order valence-electron chi connectivity index (χ1n) is 29.9. The van der Waals surface area contributed by atoms with Gasteiger partial charge in [-0.15, -0.1) is 0 Å². The first-order chi connectivity index (χ1) is 42.0. The third-order valence-corrected chi connectivity index (χ3v) is 15.3. The number of aromatic hydroxyl groups is 1. The van der Waals surface area contributed by atoms with Crippen LogP contribution in [0.1, 0.15) is 95.4 Å². The SMILES string of the molecule is CC(C)C[C@@H]1NC(=O)[C@H](CCCN)NC(=O)[C@H](C(C)C)NC(=O)[C@H](Cc2ccc(O)cc2)NC(=O)[C@H](C)NC(=O)[C@H](CC(N)=O)NC(=O)[C@@H](Cc2ccccc2)NC(=O)[C@H](Cc2ccccc2)NC(=O)[C@@H]2CCCN2C(=O)[C@@H](Cc2ccccc2)NC1=O. The zero-order chi connectivity index (χ0) is 64.0. The van der Waals surface area contributed by atoms with E-state index in [1.54, 1.807) is 105 Å². The lowest BCUT2D eigenvalue weighted by molar-refractivity contribution is -0.142. The summed E-state index contributed by atoms with van der Waals surface area (Å²) in [5.41, 5.74) is 13.9. The quantitative estimate of drug-likeness (QED) is 0.0723.